The highest BCUT2D eigenvalue weighted by atomic mass is 19.1. The number of hydrogen-bond donors (Lipinski definition) is 1. The molecule has 0 aliphatic heterocycles. The minimum atomic E-state index is -1.05. The lowest BCUT2D eigenvalue weighted by atomic mass is 9.91. The molecule has 0 aromatic heterocycles. The molecule has 0 aliphatic carbocycles. The lowest BCUT2D eigenvalue weighted by Gasteiger charge is -2.13. The molecule has 0 bridgehead atoms. The molecule has 1 N–H and O–H groups in total. The second kappa shape index (κ2) is 6.45. The number of halogens is 1. The first-order valence-electron chi connectivity index (χ1n) is 6.38. The summed E-state index contributed by atoms with van der Waals surface area (Å²) in [5, 5.41) is 8.87. The molecule has 0 heterocycles. The second-order valence-corrected chi connectivity index (χ2v) is 4.84. The summed E-state index contributed by atoms with van der Waals surface area (Å²) < 4.78 is 13.9. The van der Waals surface area contributed by atoms with Crippen LogP contribution in [0.2, 0.25) is 0 Å². The van der Waals surface area contributed by atoms with Crippen molar-refractivity contribution in [2.75, 3.05) is 0 Å². The van der Waals surface area contributed by atoms with Gasteiger partial charge in [-0.15, -0.1) is 0 Å². The van der Waals surface area contributed by atoms with Gasteiger partial charge >= 0.3 is 5.97 Å². The maximum absolute atomic E-state index is 13.9. The molecule has 1 aromatic rings. The van der Waals surface area contributed by atoms with Crippen molar-refractivity contribution in [1.29, 1.82) is 0 Å². The number of carbonyl (C=O) groups excluding carboxylic acids is 1. The summed E-state index contributed by atoms with van der Waals surface area (Å²) in [6.45, 7) is 4.90. The molecule has 0 unspecified atom stereocenters. The Morgan fingerprint density at radius 3 is 2.42 bits per heavy atom. The Balaban J connectivity index is 2.94. The van der Waals surface area contributed by atoms with E-state index >= 15 is 0 Å². The highest BCUT2D eigenvalue weighted by Crippen LogP contribution is 2.22. The summed E-state index contributed by atoms with van der Waals surface area (Å²) in [7, 11) is 0. The summed E-state index contributed by atoms with van der Waals surface area (Å²) in [6, 6.07) is 4.53. The molecule has 19 heavy (non-hydrogen) atoms. The molecule has 0 radical (unpaired) electrons. The third kappa shape index (κ3) is 3.88. The van der Waals surface area contributed by atoms with Crippen molar-refractivity contribution in [1.82, 2.24) is 0 Å². The van der Waals surface area contributed by atoms with Gasteiger partial charge in [-0.1, -0.05) is 19.1 Å². The molecule has 104 valence electrons. The summed E-state index contributed by atoms with van der Waals surface area (Å²) in [6.07, 6.45) is 1.20. The molecule has 0 fully saturated rings. The predicted molar refractivity (Wildman–Crippen MR) is 70.6 cm³/mol. The zero-order valence-corrected chi connectivity index (χ0v) is 11.4. The van der Waals surface area contributed by atoms with Crippen molar-refractivity contribution in [3.8, 4) is 0 Å². The van der Waals surface area contributed by atoms with Gasteiger partial charge in [-0.25, -0.2) is 4.39 Å². The van der Waals surface area contributed by atoms with Gasteiger partial charge in [0, 0.05) is 11.5 Å². The first-order valence-corrected chi connectivity index (χ1v) is 6.38. The first kappa shape index (κ1) is 15.3. The predicted octanol–water partition coefficient (Wildman–Crippen LogP) is 3.17. The van der Waals surface area contributed by atoms with E-state index in [1.165, 1.54) is 26.0 Å². The lowest BCUT2D eigenvalue weighted by molar-refractivity contribution is -0.138. The van der Waals surface area contributed by atoms with E-state index in [1.807, 2.05) is 6.92 Å². The molecule has 1 aromatic carbocycles. The molecular formula is C15H19FO3. The van der Waals surface area contributed by atoms with E-state index in [-0.39, 0.29) is 17.3 Å². The molecule has 4 heteroatoms. The zero-order chi connectivity index (χ0) is 14.6. The Labute approximate surface area is 112 Å². The van der Waals surface area contributed by atoms with Gasteiger partial charge in [0.05, 0.1) is 5.92 Å². The number of ketones is 1. The SMILES string of the molecule is CC[C@H](Cc1ccc([C@H](C)C(=O)O)c(F)c1)C(C)=O. The summed E-state index contributed by atoms with van der Waals surface area (Å²) in [4.78, 5) is 22.2. The normalized spacial score (nSPS) is 13.9. The van der Waals surface area contributed by atoms with Crippen molar-refractivity contribution in [2.45, 2.75) is 39.5 Å². The highest BCUT2D eigenvalue weighted by molar-refractivity contribution is 5.78. The van der Waals surface area contributed by atoms with Crippen molar-refractivity contribution in [3.63, 3.8) is 0 Å². The van der Waals surface area contributed by atoms with Crippen LogP contribution < -0.4 is 0 Å². The van der Waals surface area contributed by atoms with Crippen LogP contribution in [-0.2, 0) is 16.0 Å². The Bertz CT molecular complexity index is 482. The lowest BCUT2D eigenvalue weighted by Crippen LogP contribution is -2.14. The molecule has 2 atom stereocenters. The Morgan fingerprint density at radius 1 is 1.37 bits per heavy atom. The van der Waals surface area contributed by atoms with Gasteiger partial charge in [0.25, 0.3) is 0 Å². The fraction of sp³-hybridized carbons (Fsp3) is 0.467. The monoisotopic (exact) mass is 266 g/mol. The highest BCUT2D eigenvalue weighted by Gasteiger charge is 2.19. The molecule has 0 amide bonds. The number of carboxylic acids is 1. The van der Waals surface area contributed by atoms with E-state index in [4.69, 9.17) is 5.11 Å². The second-order valence-electron chi connectivity index (χ2n) is 4.84. The average molecular weight is 266 g/mol. The minimum absolute atomic E-state index is 0.0888. The van der Waals surface area contributed by atoms with E-state index in [0.29, 0.717) is 12.8 Å². The van der Waals surface area contributed by atoms with Gasteiger partial charge in [-0.05, 0) is 38.3 Å². The Morgan fingerprint density at radius 2 is 2.00 bits per heavy atom. The van der Waals surface area contributed by atoms with Crippen LogP contribution in [0.5, 0.6) is 0 Å². The fourth-order valence-electron chi connectivity index (χ4n) is 2.04. The van der Waals surface area contributed by atoms with Crippen LogP contribution in [0.4, 0.5) is 4.39 Å². The van der Waals surface area contributed by atoms with E-state index in [2.05, 4.69) is 0 Å². The van der Waals surface area contributed by atoms with Gasteiger partial charge in [0.15, 0.2) is 0 Å². The number of carboxylic acid groups (broad SMARTS) is 1. The number of benzene rings is 1. The van der Waals surface area contributed by atoms with Crippen LogP contribution in [0.3, 0.4) is 0 Å². The van der Waals surface area contributed by atoms with Gasteiger partial charge < -0.3 is 5.11 Å². The summed E-state index contributed by atoms with van der Waals surface area (Å²) in [5.74, 6) is -2.47. The van der Waals surface area contributed by atoms with Crippen molar-refractivity contribution >= 4 is 11.8 Å². The maximum atomic E-state index is 13.9. The molecular weight excluding hydrogens is 247 g/mol. The standard InChI is InChI=1S/C15H19FO3/c1-4-12(10(3)17)7-11-5-6-13(14(16)8-11)9(2)15(18)19/h5-6,8-9,12H,4,7H2,1-3H3,(H,18,19)/t9-,12+/m0/s1. The van der Waals surface area contributed by atoms with Gasteiger partial charge in [-0.2, -0.15) is 0 Å². The number of aliphatic carboxylic acids is 1. The smallest absolute Gasteiger partial charge is 0.310 e. The van der Waals surface area contributed by atoms with Crippen LogP contribution in [-0.4, -0.2) is 16.9 Å². The van der Waals surface area contributed by atoms with Crippen LogP contribution >= 0.6 is 0 Å². The van der Waals surface area contributed by atoms with Crippen molar-refractivity contribution < 1.29 is 19.1 Å². The average Bonchev–Trinajstić information content (AvgIpc) is 2.34. The molecule has 0 saturated carbocycles. The van der Waals surface area contributed by atoms with Crippen molar-refractivity contribution in [3.05, 3.63) is 35.1 Å². The molecule has 0 saturated heterocycles. The van der Waals surface area contributed by atoms with Gasteiger partial charge in [0.1, 0.15) is 11.6 Å². The number of Topliss-reactive ketones (excluding diaryl/α,β-unsaturated/α-hetero) is 1. The molecule has 3 nitrogen and oxygen atoms in total. The fourth-order valence-corrected chi connectivity index (χ4v) is 2.04. The van der Waals surface area contributed by atoms with E-state index in [1.54, 1.807) is 6.07 Å². The molecule has 0 spiro atoms. The summed E-state index contributed by atoms with van der Waals surface area (Å²) in [5.41, 5.74) is 0.896. The summed E-state index contributed by atoms with van der Waals surface area (Å²) >= 11 is 0. The molecule has 0 aliphatic rings. The minimum Gasteiger partial charge on any atom is -0.481 e. The Kier molecular flexibility index (Phi) is 5.21. The third-order valence-electron chi connectivity index (χ3n) is 3.45. The van der Waals surface area contributed by atoms with Gasteiger partial charge in [0.2, 0.25) is 0 Å². The number of carbonyl (C=O) groups is 2. The quantitative estimate of drug-likeness (QED) is 0.860. The third-order valence-corrected chi connectivity index (χ3v) is 3.45. The number of rotatable bonds is 6. The van der Waals surface area contributed by atoms with Crippen molar-refractivity contribution in [2.24, 2.45) is 5.92 Å². The van der Waals surface area contributed by atoms with Crippen LogP contribution in [0.15, 0.2) is 18.2 Å². The zero-order valence-electron chi connectivity index (χ0n) is 11.4. The van der Waals surface area contributed by atoms with Crippen LogP contribution in [0, 0.1) is 11.7 Å². The van der Waals surface area contributed by atoms with E-state index < -0.39 is 17.7 Å². The maximum Gasteiger partial charge on any atom is 0.310 e. The van der Waals surface area contributed by atoms with E-state index in [0.717, 1.165) is 5.56 Å². The Hall–Kier alpha value is -1.71. The first-order chi connectivity index (χ1) is 8.86. The topological polar surface area (TPSA) is 54.4 Å². The molecule has 1 rings (SSSR count). The number of hydrogen-bond acceptors (Lipinski definition) is 2. The largest absolute Gasteiger partial charge is 0.481 e. The van der Waals surface area contributed by atoms with E-state index in [9.17, 15) is 14.0 Å². The van der Waals surface area contributed by atoms with Gasteiger partial charge in [-0.3, -0.25) is 9.59 Å². The van der Waals surface area contributed by atoms with Crippen LogP contribution in [0.1, 0.15) is 44.2 Å². The van der Waals surface area contributed by atoms with Crippen LogP contribution in [0.25, 0.3) is 0 Å².